The highest BCUT2D eigenvalue weighted by molar-refractivity contribution is 6.25. The first-order valence-corrected chi connectivity index (χ1v) is 16.7. The third-order valence-electron chi connectivity index (χ3n) is 9.77. The zero-order chi connectivity index (χ0) is 32.3. The number of para-hydroxylation sites is 4. The van der Waals surface area contributed by atoms with Crippen molar-refractivity contribution in [3.05, 3.63) is 182 Å². The molecule has 0 saturated heterocycles. The molecule has 0 radical (unpaired) electrons. The van der Waals surface area contributed by atoms with Crippen molar-refractivity contribution in [1.29, 1.82) is 0 Å². The Balaban J connectivity index is 1.32. The van der Waals surface area contributed by atoms with Crippen molar-refractivity contribution in [1.82, 2.24) is 4.57 Å². The number of aromatic nitrogens is 1. The first-order chi connectivity index (χ1) is 24.3. The minimum atomic E-state index is 0.864. The van der Waals surface area contributed by atoms with E-state index < -0.39 is 0 Å². The van der Waals surface area contributed by atoms with Crippen LogP contribution >= 0.6 is 0 Å². The molecular weight excluding hydrogens is 597 g/mol. The molecule has 0 aliphatic rings. The van der Waals surface area contributed by atoms with Crippen LogP contribution in [0.1, 0.15) is 0 Å². The number of hydrogen-bond donors (Lipinski definition) is 0. The number of nitrogens with zero attached hydrogens (tertiary/aromatic N) is 2. The van der Waals surface area contributed by atoms with Gasteiger partial charge >= 0.3 is 0 Å². The van der Waals surface area contributed by atoms with Crippen LogP contribution in [-0.2, 0) is 0 Å². The lowest BCUT2D eigenvalue weighted by Gasteiger charge is -2.27. The topological polar surface area (TPSA) is 21.3 Å². The second kappa shape index (κ2) is 11.0. The molecule has 10 rings (SSSR count). The number of anilines is 3. The smallest absolute Gasteiger partial charge is 0.159 e. The molecule has 3 nitrogen and oxygen atoms in total. The van der Waals surface area contributed by atoms with Gasteiger partial charge in [-0.25, -0.2) is 0 Å². The fraction of sp³-hybridized carbons (Fsp3) is 0. The summed E-state index contributed by atoms with van der Waals surface area (Å²) in [6.45, 7) is 0. The summed E-state index contributed by atoms with van der Waals surface area (Å²) in [5.74, 6) is 0. The van der Waals surface area contributed by atoms with Gasteiger partial charge in [-0.05, 0) is 65.0 Å². The van der Waals surface area contributed by atoms with Gasteiger partial charge in [0, 0.05) is 38.3 Å². The number of hydrogen-bond acceptors (Lipinski definition) is 2. The van der Waals surface area contributed by atoms with Gasteiger partial charge in [0.1, 0.15) is 5.58 Å². The molecule has 0 fully saturated rings. The molecule has 0 N–H and O–H groups in total. The summed E-state index contributed by atoms with van der Waals surface area (Å²) >= 11 is 0. The highest BCUT2D eigenvalue weighted by Crippen LogP contribution is 2.48. The van der Waals surface area contributed by atoms with Crippen LogP contribution in [0.5, 0.6) is 0 Å². The van der Waals surface area contributed by atoms with Gasteiger partial charge in [0.05, 0.1) is 22.4 Å². The standard InChI is InChI=1S/C46H30N2O/c1-3-14-31(15-4-1)32-26-28-34(29-27-32)48(41-24-13-22-38-36-19-10-12-25-44(36)49-46(38)41)42-30-43-45(37-20-8-7-18-35(37)42)39-21-9-11-23-40(39)47(43)33-16-5-2-6-17-33/h1-30H. The van der Waals surface area contributed by atoms with E-state index in [1.54, 1.807) is 0 Å². The van der Waals surface area contributed by atoms with E-state index in [-0.39, 0.29) is 0 Å². The highest BCUT2D eigenvalue weighted by atomic mass is 16.3. The van der Waals surface area contributed by atoms with Crippen molar-refractivity contribution < 1.29 is 4.42 Å². The molecule has 230 valence electrons. The lowest BCUT2D eigenvalue weighted by atomic mass is 10.00. The average molecular weight is 627 g/mol. The molecular formula is C46H30N2O. The van der Waals surface area contributed by atoms with Gasteiger partial charge in [-0.2, -0.15) is 0 Å². The Kier molecular flexibility index (Phi) is 6.18. The van der Waals surface area contributed by atoms with E-state index >= 15 is 0 Å². The maximum absolute atomic E-state index is 6.69. The molecule has 0 saturated carbocycles. The summed E-state index contributed by atoms with van der Waals surface area (Å²) in [5.41, 5.74) is 10.7. The zero-order valence-electron chi connectivity index (χ0n) is 26.6. The molecule has 0 spiro atoms. The number of fused-ring (bicyclic) bond motifs is 8. The molecule has 0 aliphatic carbocycles. The second-order valence-corrected chi connectivity index (χ2v) is 12.5. The molecule has 10 aromatic rings. The van der Waals surface area contributed by atoms with Crippen LogP contribution in [-0.4, -0.2) is 4.57 Å². The van der Waals surface area contributed by atoms with Crippen LogP contribution in [0.3, 0.4) is 0 Å². The van der Waals surface area contributed by atoms with Crippen LogP contribution in [0.25, 0.3) is 71.3 Å². The first kappa shape index (κ1) is 27.5. The van der Waals surface area contributed by atoms with Crippen molar-refractivity contribution in [2.45, 2.75) is 0 Å². The third-order valence-corrected chi connectivity index (χ3v) is 9.77. The van der Waals surface area contributed by atoms with Crippen molar-refractivity contribution in [3.8, 4) is 16.8 Å². The lowest BCUT2D eigenvalue weighted by Crippen LogP contribution is -2.11. The van der Waals surface area contributed by atoms with E-state index in [4.69, 9.17) is 4.42 Å². The monoisotopic (exact) mass is 626 g/mol. The molecule has 0 bridgehead atoms. The Labute approximate surface area is 283 Å². The third kappa shape index (κ3) is 4.29. The molecule has 0 atom stereocenters. The average Bonchev–Trinajstić information content (AvgIpc) is 3.72. The maximum atomic E-state index is 6.69. The fourth-order valence-corrected chi connectivity index (χ4v) is 7.60. The summed E-state index contributed by atoms with van der Waals surface area (Å²) < 4.78 is 9.10. The summed E-state index contributed by atoms with van der Waals surface area (Å²) in [6.07, 6.45) is 0. The van der Waals surface area contributed by atoms with Crippen molar-refractivity contribution in [2.24, 2.45) is 0 Å². The molecule has 8 aromatic carbocycles. The van der Waals surface area contributed by atoms with Gasteiger partial charge in [0.25, 0.3) is 0 Å². The molecule has 2 aromatic heterocycles. The Morgan fingerprint density at radius 1 is 0.408 bits per heavy atom. The molecule has 2 heterocycles. The van der Waals surface area contributed by atoms with E-state index in [2.05, 4.69) is 185 Å². The molecule has 3 heteroatoms. The maximum Gasteiger partial charge on any atom is 0.159 e. The predicted molar refractivity (Wildman–Crippen MR) is 206 cm³/mol. The summed E-state index contributed by atoms with van der Waals surface area (Å²) in [5, 5.41) is 7.09. The van der Waals surface area contributed by atoms with Gasteiger partial charge < -0.3 is 13.9 Å². The van der Waals surface area contributed by atoms with Crippen LogP contribution in [0.4, 0.5) is 17.1 Å². The molecule has 0 aliphatic heterocycles. The molecule has 0 unspecified atom stereocenters. The van der Waals surface area contributed by atoms with E-state index in [1.165, 1.54) is 38.2 Å². The normalized spacial score (nSPS) is 11.7. The van der Waals surface area contributed by atoms with Crippen molar-refractivity contribution >= 4 is 71.6 Å². The van der Waals surface area contributed by atoms with Crippen LogP contribution in [0.2, 0.25) is 0 Å². The van der Waals surface area contributed by atoms with Gasteiger partial charge in [0.15, 0.2) is 5.58 Å². The fourth-order valence-electron chi connectivity index (χ4n) is 7.60. The van der Waals surface area contributed by atoms with Gasteiger partial charge in [-0.1, -0.05) is 133 Å². The molecule has 0 amide bonds. The van der Waals surface area contributed by atoms with E-state index in [9.17, 15) is 0 Å². The summed E-state index contributed by atoms with van der Waals surface area (Å²) in [4.78, 5) is 2.38. The quantitative estimate of drug-likeness (QED) is 0.190. The van der Waals surface area contributed by atoms with Gasteiger partial charge in [-0.3, -0.25) is 0 Å². The van der Waals surface area contributed by atoms with Crippen molar-refractivity contribution in [3.63, 3.8) is 0 Å². The highest BCUT2D eigenvalue weighted by Gasteiger charge is 2.24. The minimum Gasteiger partial charge on any atom is -0.454 e. The first-order valence-electron chi connectivity index (χ1n) is 16.7. The second-order valence-electron chi connectivity index (χ2n) is 12.5. The van der Waals surface area contributed by atoms with Crippen LogP contribution < -0.4 is 4.90 Å². The Morgan fingerprint density at radius 2 is 1.02 bits per heavy atom. The summed E-state index contributed by atoms with van der Waals surface area (Å²) in [7, 11) is 0. The lowest BCUT2D eigenvalue weighted by molar-refractivity contribution is 0.669. The van der Waals surface area contributed by atoms with Crippen molar-refractivity contribution in [2.75, 3.05) is 4.90 Å². The van der Waals surface area contributed by atoms with E-state index in [1.807, 2.05) is 6.07 Å². The van der Waals surface area contributed by atoms with Crippen LogP contribution in [0.15, 0.2) is 186 Å². The Hall–Kier alpha value is -6.58. The van der Waals surface area contributed by atoms with E-state index in [0.717, 1.165) is 50.2 Å². The SMILES string of the molecule is c1ccc(-c2ccc(N(c3cc4c(c5ccccc35)c3ccccc3n4-c3ccccc3)c3cccc4c3oc3ccccc34)cc2)cc1. The molecule has 49 heavy (non-hydrogen) atoms. The number of rotatable bonds is 5. The Bertz CT molecular complexity index is 2810. The number of benzene rings is 8. The van der Waals surface area contributed by atoms with Crippen LogP contribution in [0, 0.1) is 0 Å². The summed E-state index contributed by atoms with van der Waals surface area (Å²) in [6, 6.07) is 64.9. The minimum absolute atomic E-state index is 0.864. The van der Waals surface area contributed by atoms with Gasteiger partial charge in [0.2, 0.25) is 0 Å². The van der Waals surface area contributed by atoms with Gasteiger partial charge in [-0.15, -0.1) is 0 Å². The van der Waals surface area contributed by atoms with E-state index in [0.29, 0.717) is 0 Å². The zero-order valence-corrected chi connectivity index (χ0v) is 26.6. The Morgan fingerprint density at radius 3 is 1.82 bits per heavy atom. The predicted octanol–water partition coefficient (Wildman–Crippen LogP) is 13.0. The largest absolute Gasteiger partial charge is 0.454 e. The number of furan rings is 1.